The van der Waals surface area contributed by atoms with Crippen LogP contribution in [0.15, 0.2) is 34.7 Å². The Morgan fingerprint density at radius 1 is 1.38 bits per heavy atom. The molecule has 1 fully saturated rings. The number of benzene rings is 1. The van der Waals surface area contributed by atoms with Crippen LogP contribution in [0.1, 0.15) is 31.1 Å². The van der Waals surface area contributed by atoms with E-state index in [1.807, 2.05) is 26.0 Å². The second kappa shape index (κ2) is 6.77. The van der Waals surface area contributed by atoms with E-state index in [9.17, 15) is 14.3 Å². The second-order valence-corrected chi connectivity index (χ2v) is 6.52. The molecule has 1 aromatic carbocycles. The molecule has 128 valence electrons. The van der Waals surface area contributed by atoms with Gasteiger partial charge in [0.15, 0.2) is 0 Å². The molecular formula is C19H22FNO3. The standard InChI is InChI=1S/C19H22FNO3/c1-12-10-14(20)5-7-16(12)18-8-6-15(24-18)11-21-9-3-4-17(13(21)2)19(22)23/h5-8,10,13,17H,3-4,9,11H2,1-2H3,(H,22,23)/t13-,17-/m1/s1. The summed E-state index contributed by atoms with van der Waals surface area (Å²) in [4.78, 5) is 13.5. The lowest BCUT2D eigenvalue weighted by Crippen LogP contribution is -2.45. The fourth-order valence-corrected chi connectivity index (χ4v) is 3.48. The third-order valence-electron chi connectivity index (χ3n) is 4.91. The first-order chi connectivity index (χ1) is 11.5. The van der Waals surface area contributed by atoms with Gasteiger partial charge < -0.3 is 9.52 Å². The van der Waals surface area contributed by atoms with Crippen LogP contribution in [0.4, 0.5) is 4.39 Å². The van der Waals surface area contributed by atoms with Gasteiger partial charge in [-0.2, -0.15) is 0 Å². The monoisotopic (exact) mass is 331 g/mol. The molecule has 5 heteroatoms. The van der Waals surface area contributed by atoms with E-state index in [2.05, 4.69) is 4.90 Å². The first kappa shape index (κ1) is 16.7. The van der Waals surface area contributed by atoms with Crippen molar-refractivity contribution in [2.75, 3.05) is 6.54 Å². The van der Waals surface area contributed by atoms with Gasteiger partial charge in [0.25, 0.3) is 0 Å². The van der Waals surface area contributed by atoms with Crippen molar-refractivity contribution in [1.82, 2.24) is 4.90 Å². The van der Waals surface area contributed by atoms with Gasteiger partial charge in [0, 0.05) is 11.6 Å². The zero-order chi connectivity index (χ0) is 17.3. The maximum Gasteiger partial charge on any atom is 0.308 e. The Morgan fingerprint density at radius 3 is 2.88 bits per heavy atom. The van der Waals surface area contributed by atoms with E-state index in [1.54, 1.807) is 6.07 Å². The first-order valence-corrected chi connectivity index (χ1v) is 8.28. The van der Waals surface area contributed by atoms with E-state index in [-0.39, 0.29) is 17.8 Å². The fourth-order valence-electron chi connectivity index (χ4n) is 3.48. The molecule has 4 nitrogen and oxygen atoms in total. The average molecular weight is 331 g/mol. The van der Waals surface area contributed by atoms with Crippen molar-refractivity contribution >= 4 is 5.97 Å². The largest absolute Gasteiger partial charge is 0.481 e. The molecule has 0 radical (unpaired) electrons. The van der Waals surface area contributed by atoms with Crippen LogP contribution in [0.3, 0.4) is 0 Å². The number of aryl methyl sites for hydroxylation is 1. The highest BCUT2D eigenvalue weighted by molar-refractivity contribution is 5.71. The summed E-state index contributed by atoms with van der Waals surface area (Å²) in [5.74, 6) is 0.195. The molecule has 0 unspecified atom stereocenters. The van der Waals surface area contributed by atoms with Crippen LogP contribution in [0.2, 0.25) is 0 Å². The molecular weight excluding hydrogens is 309 g/mol. The minimum Gasteiger partial charge on any atom is -0.481 e. The van der Waals surface area contributed by atoms with Crippen LogP contribution in [-0.4, -0.2) is 28.6 Å². The van der Waals surface area contributed by atoms with E-state index >= 15 is 0 Å². The summed E-state index contributed by atoms with van der Waals surface area (Å²) in [6.45, 7) is 5.28. The SMILES string of the molecule is Cc1cc(F)ccc1-c1ccc(CN2CCC[C@@H](C(=O)O)[C@H]2C)o1. The zero-order valence-corrected chi connectivity index (χ0v) is 14.0. The Labute approximate surface area is 140 Å². The lowest BCUT2D eigenvalue weighted by Gasteiger charge is -2.36. The number of carboxylic acids is 1. The molecule has 24 heavy (non-hydrogen) atoms. The highest BCUT2D eigenvalue weighted by Gasteiger charge is 2.33. The molecule has 0 spiro atoms. The minimum absolute atomic E-state index is 0.0163. The molecule has 3 rings (SSSR count). The first-order valence-electron chi connectivity index (χ1n) is 8.28. The van der Waals surface area contributed by atoms with Crippen molar-refractivity contribution in [3.63, 3.8) is 0 Å². The predicted octanol–water partition coefficient (Wildman–Crippen LogP) is 4.08. The molecule has 1 aromatic heterocycles. The number of carboxylic acid groups (broad SMARTS) is 1. The quantitative estimate of drug-likeness (QED) is 0.917. The van der Waals surface area contributed by atoms with Gasteiger partial charge in [0.1, 0.15) is 17.3 Å². The number of nitrogens with zero attached hydrogens (tertiary/aromatic N) is 1. The van der Waals surface area contributed by atoms with E-state index in [0.29, 0.717) is 12.3 Å². The summed E-state index contributed by atoms with van der Waals surface area (Å²) in [6, 6.07) is 8.42. The Morgan fingerprint density at radius 2 is 2.17 bits per heavy atom. The zero-order valence-electron chi connectivity index (χ0n) is 14.0. The summed E-state index contributed by atoms with van der Waals surface area (Å²) in [5, 5.41) is 9.32. The van der Waals surface area contributed by atoms with Gasteiger partial charge in [0.2, 0.25) is 0 Å². The summed E-state index contributed by atoms with van der Waals surface area (Å²) in [7, 11) is 0. The summed E-state index contributed by atoms with van der Waals surface area (Å²) >= 11 is 0. The topological polar surface area (TPSA) is 53.7 Å². The minimum atomic E-state index is -0.728. The number of furan rings is 1. The van der Waals surface area contributed by atoms with Crippen molar-refractivity contribution < 1.29 is 18.7 Å². The Bertz CT molecular complexity index is 740. The molecule has 2 heterocycles. The molecule has 0 aliphatic carbocycles. The molecule has 1 aliphatic rings. The van der Waals surface area contributed by atoms with E-state index < -0.39 is 5.97 Å². The highest BCUT2D eigenvalue weighted by Crippen LogP contribution is 2.29. The highest BCUT2D eigenvalue weighted by atomic mass is 19.1. The second-order valence-electron chi connectivity index (χ2n) is 6.52. The smallest absolute Gasteiger partial charge is 0.308 e. The van der Waals surface area contributed by atoms with Crippen molar-refractivity contribution in [3.8, 4) is 11.3 Å². The number of hydrogen-bond acceptors (Lipinski definition) is 3. The summed E-state index contributed by atoms with van der Waals surface area (Å²) < 4.78 is 19.2. The molecule has 0 bridgehead atoms. The lowest BCUT2D eigenvalue weighted by atomic mass is 9.90. The van der Waals surface area contributed by atoms with Crippen LogP contribution < -0.4 is 0 Å². The van der Waals surface area contributed by atoms with Gasteiger partial charge in [0.05, 0.1) is 12.5 Å². The molecule has 2 atom stereocenters. The average Bonchev–Trinajstić information content (AvgIpc) is 2.97. The maximum absolute atomic E-state index is 13.2. The van der Waals surface area contributed by atoms with Gasteiger partial charge in [-0.3, -0.25) is 9.69 Å². The Hall–Kier alpha value is -2.14. The van der Waals surface area contributed by atoms with Gasteiger partial charge in [-0.15, -0.1) is 0 Å². The molecule has 0 amide bonds. The van der Waals surface area contributed by atoms with Gasteiger partial charge in [-0.05, 0) is 69.1 Å². The van der Waals surface area contributed by atoms with Crippen molar-refractivity contribution in [2.45, 2.75) is 39.3 Å². The number of carbonyl (C=O) groups is 1. The van der Waals surface area contributed by atoms with E-state index in [4.69, 9.17) is 4.42 Å². The number of halogens is 1. The summed E-state index contributed by atoms with van der Waals surface area (Å²) in [5.41, 5.74) is 1.70. The number of piperidine rings is 1. The predicted molar refractivity (Wildman–Crippen MR) is 89.1 cm³/mol. The van der Waals surface area contributed by atoms with Gasteiger partial charge >= 0.3 is 5.97 Å². The molecule has 1 saturated heterocycles. The summed E-state index contributed by atoms with van der Waals surface area (Å²) in [6.07, 6.45) is 1.61. The van der Waals surface area contributed by atoms with Crippen molar-refractivity contribution in [2.24, 2.45) is 5.92 Å². The van der Waals surface area contributed by atoms with Gasteiger partial charge in [-0.1, -0.05) is 0 Å². The van der Waals surface area contributed by atoms with Crippen LogP contribution in [0, 0.1) is 18.7 Å². The number of likely N-dealkylation sites (tertiary alicyclic amines) is 1. The van der Waals surface area contributed by atoms with Crippen LogP contribution in [-0.2, 0) is 11.3 Å². The fraction of sp³-hybridized carbons (Fsp3) is 0.421. The third-order valence-corrected chi connectivity index (χ3v) is 4.91. The van der Waals surface area contributed by atoms with E-state index in [0.717, 1.165) is 36.3 Å². The normalized spacial score (nSPS) is 21.8. The molecule has 1 N–H and O–H groups in total. The maximum atomic E-state index is 13.2. The lowest BCUT2D eigenvalue weighted by molar-refractivity contribution is -0.145. The van der Waals surface area contributed by atoms with Crippen LogP contribution in [0.5, 0.6) is 0 Å². The van der Waals surface area contributed by atoms with Crippen LogP contribution in [0.25, 0.3) is 11.3 Å². The number of rotatable bonds is 4. The molecule has 1 aliphatic heterocycles. The molecule has 2 aromatic rings. The molecule has 0 saturated carbocycles. The van der Waals surface area contributed by atoms with Crippen molar-refractivity contribution in [3.05, 3.63) is 47.5 Å². The van der Waals surface area contributed by atoms with Gasteiger partial charge in [-0.25, -0.2) is 4.39 Å². The number of hydrogen-bond donors (Lipinski definition) is 1. The number of aliphatic carboxylic acids is 1. The Balaban J connectivity index is 1.75. The van der Waals surface area contributed by atoms with Crippen LogP contribution >= 0.6 is 0 Å². The third kappa shape index (κ3) is 3.36. The van der Waals surface area contributed by atoms with E-state index in [1.165, 1.54) is 12.1 Å². The Kier molecular flexibility index (Phi) is 4.71. The van der Waals surface area contributed by atoms with Crippen molar-refractivity contribution in [1.29, 1.82) is 0 Å².